The summed E-state index contributed by atoms with van der Waals surface area (Å²) in [6.07, 6.45) is 1.65. The van der Waals surface area contributed by atoms with Crippen molar-refractivity contribution in [2.45, 2.75) is 18.9 Å². The average Bonchev–Trinajstić information content (AvgIpc) is 2.31. The van der Waals surface area contributed by atoms with E-state index in [1.807, 2.05) is 4.90 Å². The summed E-state index contributed by atoms with van der Waals surface area (Å²) in [5, 5.41) is 0. The highest BCUT2D eigenvalue weighted by Gasteiger charge is 2.27. The lowest BCUT2D eigenvalue weighted by molar-refractivity contribution is -0.143. The van der Waals surface area contributed by atoms with E-state index in [0.29, 0.717) is 12.5 Å². The van der Waals surface area contributed by atoms with Crippen LogP contribution < -0.4 is 5.73 Å². The van der Waals surface area contributed by atoms with Crippen molar-refractivity contribution in [2.75, 3.05) is 40.5 Å². The zero-order chi connectivity index (χ0) is 12.0. The number of methoxy groups -OCH3 is 2. The van der Waals surface area contributed by atoms with Gasteiger partial charge in [0.1, 0.15) is 6.10 Å². The van der Waals surface area contributed by atoms with Crippen molar-refractivity contribution in [3.05, 3.63) is 0 Å². The van der Waals surface area contributed by atoms with Gasteiger partial charge in [0, 0.05) is 33.9 Å². The topological polar surface area (TPSA) is 64.8 Å². The van der Waals surface area contributed by atoms with Gasteiger partial charge in [-0.25, -0.2) is 0 Å². The molecule has 0 aromatic carbocycles. The molecule has 0 bridgehead atoms. The smallest absolute Gasteiger partial charge is 0.253 e. The molecule has 1 aliphatic heterocycles. The predicted molar refractivity (Wildman–Crippen MR) is 61.0 cm³/mol. The van der Waals surface area contributed by atoms with Gasteiger partial charge in [0.05, 0.1) is 6.61 Å². The Bertz CT molecular complexity index is 217. The molecule has 1 aliphatic rings. The summed E-state index contributed by atoms with van der Waals surface area (Å²) >= 11 is 0. The van der Waals surface area contributed by atoms with Crippen LogP contribution in [0, 0.1) is 5.92 Å². The molecule has 0 aromatic rings. The van der Waals surface area contributed by atoms with Crippen LogP contribution in [0.2, 0.25) is 0 Å². The third-order valence-corrected chi connectivity index (χ3v) is 3.01. The summed E-state index contributed by atoms with van der Waals surface area (Å²) in [4.78, 5) is 13.8. The number of carbonyl (C=O) groups excluding carboxylic acids is 1. The van der Waals surface area contributed by atoms with Crippen LogP contribution in [0.3, 0.4) is 0 Å². The molecule has 5 heteroatoms. The average molecular weight is 230 g/mol. The molecule has 0 radical (unpaired) electrons. The van der Waals surface area contributed by atoms with Crippen LogP contribution in [-0.2, 0) is 14.3 Å². The number of likely N-dealkylation sites (tertiary alicyclic amines) is 1. The number of nitrogens with two attached hydrogens (primary N) is 1. The Labute approximate surface area is 96.9 Å². The van der Waals surface area contributed by atoms with E-state index >= 15 is 0 Å². The van der Waals surface area contributed by atoms with Crippen molar-refractivity contribution in [1.29, 1.82) is 0 Å². The van der Waals surface area contributed by atoms with E-state index in [1.54, 1.807) is 7.11 Å². The van der Waals surface area contributed by atoms with Gasteiger partial charge in [-0.1, -0.05) is 0 Å². The van der Waals surface area contributed by atoms with E-state index in [1.165, 1.54) is 7.11 Å². The van der Waals surface area contributed by atoms with Gasteiger partial charge in [0.25, 0.3) is 5.91 Å². The van der Waals surface area contributed by atoms with E-state index in [4.69, 9.17) is 15.2 Å². The van der Waals surface area contributed by atoms with Crippen LogP contribution >= 0.6 is 0 Å². The fourth-order valence-electron chi connectivity index (χ4n) is 2.14. The lowest BCUT2D eigenvalue weighted by atomic mass is 9.98. The molecule has 1 fully saturated rings. The normalized spacial score (nSPS) is 23.2. The maximum Gasteiger partial charge on any atom is 0.253 e. The van der Waals surface area contributed by atoms with Gasteiger partial charge in [-0.3, -0.25) is 4.79 Å². The quantitative estimate of drug-likeness (QED) is 0.713. The Kier molecular flexibility index (Phi) is 5.73. The van der Waals surface area contributed by atoms with Crippen LogP contribution in [-0.4, -0.2) is 57.4 Å². The highest BCUT2D eigenvalue weighted by Crippen LogP contribution is 2.17. The molecule has 16 heavy (non-hydrogen) atoms. The molecule has 0 spiro atoms. The van der Waals surface area contributed by atoms with Crippen LogP contribution in [0.5, 0.6) is 0 Å². The van der Waals surface area contributed by atoms with E-state index < -0.39 is 6.10 Å². The number of hydrogen-bond donors (Lipinski definition) is 1. The van der Waals surface area contributed by atoms with Crippen LogP contribution in [0.4, 0.5) is 0 Å². The second-order valence-corrected chi connectivity index (χ2v) is 4.21. The van der Waals surface area contributed by atoms with Crippen molar-refractivity contribution in [3.63, 3.8) is 0 Å². The monoisotopic (exact) mass is 230 g/mol. The Morgan fingerprint density at radius 3 is 2.88 bits per heavy atom. The summed E-state index contributed by atoms with van der Waals surface area (Å²) in [5.41, 5.74) is 5.49. The van der Waals surface area contributed by atoms with Crippen LogP contribution in [0.15, 0.2) is 0 Å². The van der Waals surface area contributed by atoms with Gasteiger partial charge in [-0.05, 0) is 18.8 Å². The SMILES string of the molecule is COCC1CCCN(C(=O)C(CN)OC)C1. The van der Waals surface area contributed by atoms with Crippen molar-refractivity contribution in [3.8, 4) is 0 Å². The van der Waals surface area contributed by atoms with Crippen LogP contribution in [0.25, 0.3) is 0 Å². The first kappa shape index (κ1) is 13.4. The minimum absolute atomic E-state index is 0.00537. The van der Waals surface area contributed by atoms with E-state index in [-0.39, 0.29) is 12.5 Å². The molecule has 1 heterocycles. The van der Waals surface area contributed by atoms with Gasteiger partial charge >= 0.3 is 0 Å². The maximum absolute atomic E-state index is 12.0. The van der Waals surface area contributed by atoms with Crippen molar-refractivity contribution in [2.24, 2.45) is 11.7 Å². The number of rotatable bonds is 5. The molecule has 2 N–H and O–H groups in total. The summed E-state index contributed by atoms with van der Waals surface area (Å²) in [6, 6.07) is 0. The molecule has 0 aliphatic carbocycles. The second-order valence-electron chi connectivity index (χ2n) is 4.21. The van der Waals surface area contributed by atoms with Crippen molar-refractivity contribution >= 4 is 5.91 Å². The fourth-order valence-corrected chi connectivity index (χ4v) is 2.14. The number of amides is 1. The van der Waals surface area contributed by atoms with Gasteiger partial charge in [-0.15, -0.1) is 0 Å². The molecular formula is C11H22N2O3. The predicted octanol–water partition coefficient (Wildman–Crippen LogP) is -0.155. The lowest BCUT2D eigenvalue weighted by Crippen LogP contribution is -2.48. The highest BCUT2D eigenvalue weighted by atomic mass is 16.5. The largest absolute Gasteiger partial charge is 0.384 e. The van der Waals surface area contributed by atoms with Crippen molar-refractivity contribution in [1.82, 2.24) is 4.90 Å². The third-order valence-electron chi connectivity index (χ3n) is 3.01. The molecule has 2 atom stereocenters. The minimum Gasteiger partial charge on any atom is -0.384 e. The first-order valence-electron chi connectivity index (χ1n) is 5.73. The molecule has 1 amide bonds. The van der Waals surface area contributed by atoms with Gasteiger partial charge < -0.3 is 20.1 Å². The number of hydrogen-bond acceptors (Lipinski definition) is 4. The van der Waals surface area contributed by atoms with Crippen molar-refractivity contribution < 1.29 is 14.3 Å². The lowest BCUT2D eigenvalue weighted by Gasteiger charge is -2.34. The Balaban J connectivity index is 2.49. The molecule has 1 rings (SSSR count). The number of carbonyl (C=O) groups is 1. The first-order valence-corrected chi connectivity index (χ1v) is 5.73. The summed E-state index contributed by atoms with van der Waals surface area (Å²) < 4.78 is 10.2. The number of nitrogens with zero attached hydrogens (tertiary/aromatic N) is 1. The van der Waals surface area contributed by atoms with E-state index in [9.17, 15) is 4.79 Å². The Hall–Kier alpha value is -0.650. The molecule has 1 saturated heterocycles. The fraction of sp³-hybridized carbons (Fsp3) is 0.909. The van der Waals surface area contributed by atoms with E-state index in [0.717, 1.165) is 25.9 Å². The van der Waals surface area contributed by atoms with Gasteiger partial charge in [-0.2, -0.15) is 0 Å². The molecule has 2 unspecified atom stereocenters. The Morgan fingerprint density at radius 2 is 2.31 bits per heavy atom. The molecule has 94 valence electrons. The standard InChI is InChI=1S/C11H22N2O3/c1-15-8-9-4-3-5-13(7-9)11(14)10(6-12)16-2/h9-10H,3-8,12H2,1-2H3. The summed E-state index contributed by atoms with van der Waals surface area (Å²) in [6.45, 7) is 2.51. The second kappa shape index (κ2) is 6.83. The molecule has 0 saturated carbocycles. The van der Waals surface area contributed by atoms with Gasteiger partial charge in [0.15, 0.2) is 0 Å². The maximum atomic E-state index is 12.0. The summed E-state index contributed by atoms with van der Waals surface area (Å²) in [5.74, 6) is 0.448. The first-order chi connectivity index (χ1) is 7.72. The number of ether oxygens (including phenoxy) is 2. The zero-order valence-electron chi connectivity index (χ0n) is 10.1. The minimum atomic E-state index is -0.499. The summed E-state index contributed by atoms with van der Waals surface area (Å²) in [7, 11) is 3.21. The molecule has 5 nitrogen and oxygen atoms in total. The zero-order valence-corrected chi connectivity index (χ0v) is 10.1. The Morgan fingerprint density at radius 1 is 1.56 bits per heavy atom. The molecule has 0 aromatic heterocycles. The van der Waals surface area contributed by atoms with Crippen LogP contribution in [0.1, 0.15) is 12.8 Å². The number of piperidine rings is 1. The van der Waals surface area contributed by atoms with E-state index in [2.05, 4.69) is 0 Å². The van der Waals surface area contributed by atoms with Gasteiger partial charge in [0.2, 0.25) is 0 Å². The third kappa shape index (κ3) is 3.43. The highest BCUT2D eigenvalue weighted by molar-refractivity contribution is 5.81. The molecular weight excluding hydrogens is 208 g/mol.